The van der Waals surface area contributed by atoms with Crippen molar-refractivity contribution in [3.8, 4) is 17.3 Å². The van der Waals surface area contributed by atoms with Gasteiger partial charge in [0.1, 0.15) is 23.6 Å². The first kappa shape index (κ1) is 29.7. The Morgan fingerprint density at radius 1 is 1.16 bits per heavy atom. The number of pyridine rings is 1. The van der Waals surface area contributed by atoms with Crippen LogP contribution in [-0.2, 0) is 9.84 Å². The highest BCUT2D eigenvalue weighted by molar-refractivity contribution is 7.94. The molecule has 11 heteroatoms. The van der Waals surface area contributed by atoms with E-state index in [0.717, 1.165) is 44.0 Å². The van der Waals surface area contributed by atoms with Crippen molar-refractivity contribution < 1.29 is 17.5 Å². The van der Waals surface area contributed by atoms with E-state index in [1.165, 1.54) is 11.6 Å². The highest BCUT2D eigenvalue weighted by Crippen LogP contribution is 2.37. The number of rotatable bonds is 11. The normalized spacial score (nSPS) is 17.8. The number of benzene rings is 2. The molecule has 0 N–H and O–H groups in total. The number of anilines is 1. The number of ether oxygens (including phenoxy) is 1. The quantitative estimate of drug-likeness (QED) is 0.193. The van der Waals surface area contributed by atoms with E-state index in [0.29, 0.717) is 39.7 Å². The first-order valence-electron chi connectivity index (χ1n) is 14.7. The Balaban J connectivity index is 1.37. The summed E-state index contributed by atoms with van der Waals surface area (Å²) in [5.41, 5.74) is 0.714. The molecule has 1 atom stereocenters. The third-order valence-corrected chi connectivity index (χ3v) is 10.0. The van der Waals surface area contributed by atoms with Crippen molar-refractivity contribution in [3.63, 3.8) is 0 Å². The van der Waals surface area contributed by atoms with Crippen LogP contribution >= 0.6 is 11.6 Å². The second-order valence-electron chi connectivity index (χ2n) is 11.6. The molecule has 2 fully saturated rings. The average molecular weight is 624 g/mol. The van der Waals surface area contributed by atoms with Crippen molar-refractivity contribution in [2.75, 3.05) is 44.4 Å². The van der Waals surface area contributed by atoms with Gasteiger partial charge in [0.15, 0.2) is 15.7 Å². The van der Waals surface area contributed by atoms with Crippen LogP contribution in [0.15, 0.2) is 54.1 Å². The van der Waals surface area contributed by atoms with Crippen LogP contribution in [-0.4, -0.2) is 73.9 Å². The summed E-state index contributed by atoms with van der Waals surface area (Å²) in [6.45, 7) is 1.50. The molecule has 1 aliphatic heterocycles. The fourth-order valence-electron chi connectivity index (χ4n) is 5.60. The number of allylic oxidation sites excluding steroid dienone is 1. The van der Waals surface area contributed by atoms with Crippen molar-refractivity contribution in [1.82, 2.24) is 19.9 Å². The summed E-state index contributed by atoms with van der Waals surface area (Å²) < 4.78 is 47.9. The van der Waals surface area contributed by atoms with E-state index in [1.807, 2.05) is 31.3 Å². The second-order valence-corrected chi connectivity index (χ2v) is 14.0. The smallest absolute Gasteiger partial charge is 0.319 e. The number of hydrogen-bond acceptors (Lipinski definition) is 8. The van der Waals surface area contributed by atoms with Gasteiger partial charge in [-0.05, 0) is 63.1 Å². The minimum atomic E-state index is -3.42. The predicted octanol–water partition coefficient (Wildman–Crippen LogP) is 6.28. The van der Waals surface area contributed by atoms with Gasteiger partial charge in [-0.3, -0.25) is 4.98 Å². The molecule has 43 heavy (non-hydrogen) atoms. The lowest BCUT2D eigenvalue weighted by atomic mass is 10.0. The number of aromatic nitrogens is 3. The molecule has 0 spiro atoms. The number of fused-ring (bicyclic) bond motifs is 2. The van der Waals surface area contributed by atoms with Crippen LogP contribution in [0, 0.1) is 11.7 Å². The van der Waals surface area contributed by atoms with Gasteiger partial charge in [0, 0.05) is 47.2 Å². The number of hydrogen-bond donors (Lipinski definition) is 0. The highest BCUT2D eigenvalue weighted by atomic mass is 35.5. The van der Waals surface area contributed by atoms with Crippen LogP contribution in [0.5, 0.6) is 6.01 Å². The van der Waals surface area contributed by atoms with Gasteiger partial charge >= 0.3 is 6.01 Å². The van der Waals surface area contributed by atoms with Crippen molar-refractivity contribution in [2.45, 2.75) is 38.1 Å². The third-order valence-electron chi connectivity index (χ3n) is 8.37. The monoisotopic (exact) mass is 623 g/mol. The summed E-state index contributed by atoms with van der Waals surface area (Å²) in [4.78, 5) is 17.6. The van der Waals surface area contributed by atoms with Gasteiger partial charge in [0.05, 0.1) is 11.1 Å². The molecular formula is C32H35ClFN5O3S. The number of likely N-dealkylation sites (tertiary alicyclic amines) is 1. The molecule has 0 unspecified atom stereocenters. The first-order valence-corrected chi connectivity index (χ1v) is 16.8. The van der Waals surface area contributed by atoms with Crippen LogP contribution in [0.25, 0.3) is 32.9 Å². The van der Waals surface area contributed by atoms with Gasteiger partial charge in [-0.1, -0.05) is 48.0 Å². The van der Waals surface area contributed by atoms with Crippen LogP contribution in [0.4, 0.5) is 10.2 Å². The van der Waals surface area contributed by atoms with Crippen LogP contribution in [0.3, 0.4) is 0 Å². The standard InChI is InChI=1S/C32H35ClFN5O3S/c1-38-15-5-10-23(38)20-42-32-36-30-25(31(37-32)39(2)16-18-43(40,41)17-6-7-21-13-14-21)19-35-29(28(30)34)24-11-3-8-22-9-4-12-26(33)27(22)24/h3-4,6,8-9,11-12,17,19,21,23H,5,7,10,13-16,18,20H2,1-2H3/b17-6+/t23-/m0/s1. The first-order chi connectivity index (χ1) is 20.7. The zero-order valence-electron chi connectivity index (χ0n) is 24.3. The van der Waals surface area contributed by atoms with Gasteiger partial charge in [-0.15, -0.1) is 0 Å². The number of likely N-dealkylation sites (N-methyl/N-ethyl adjacent to an activating group) is 1. The molecule has 6 rings (SSSR count). The topological polar surface area (TPSA) is 88.5 Å². The molecule has 0 amide bonds. The van der Waals surface area contributed by atoms with Crippen molar-refractivity contribution in [1.29, 1.82) is 0 Å². The number of nitrogens with zero attached hydrogens (tertiary/aromatic N) is 5. The van der Waals surface area contributed by atoms with Crippen molar-refractivity contribution >= 4 is 48.9 Å². The van der Waals surface area contributed by atoms with E-state index < -0.39 is 15.7 Å². The van der Waals surface area contributed by atoms with E-state index in [4.69, 9.17) is 16.3 Å². The van der Waals surface area contributed by atoms with Crippen molar-refractivity contribution in [2.24, 2.45) is 5.92 Å². The Kier molecular flexibility index (Phi) is 8.53. The van der Waals surface area contributed by atoms with E-state index in [1.54, 1.807) is 30.2 Å². The molecule has 2 aromatic carbocycles. The molecular weight excluding hydrogens is 589 g/mol. The van der Waals surface area contributed by atoms with Crippen LogP contribution in [0.1, 0.15) is 32.1 Å². The Morgan fingerprint density at radius 3 is 2.70 bits per heavy atom. The number of halogens is 2. The van der Waals surface area contributed by atoms with Crippen LogP contribution < -0.4 is 9.64 Å². The van der Waals surface area contributed by atoms with E-state index in [2.05, 4.69) is 19.9 Å². The largest absolute Gasteiger partial charge is 0.462 e. The molecule has 8 nitrogen and oxygen atoms in total. The summed E-state index contributed by atoms with van der Waals surface area (Å²) >= 11 is 6.55. The molecule has 1 aliphatic carbocycles. The molecule has 1 saturated carbocycles. The summed E-state index contributed by atoms with van der Waals surface area (Å²) in [7, 11) is 0.358. The van der Waals surface area contributed by atoms with Gasteiger partial charge in [0.25, 0.3) is 0 Å². The fourth-order valence-corrected chi connectivity index (χ4v) is 6.96. The second kappa shape index (κ2) is 12.3. The lowest BCUT2D eigenvalue weighted by Crippen LogP contribution is -2.31. The Labute approximate surface area is 256 Å². The molecule has 1 saturated heterocycles. The summed E-state index contributed by atoms with van der Waals surface area (Å²) in [6.07, 6.45) is 8.47. The summed E-state index contributed by atoms with van der Waals surface area (Å²) in [6, 6.07) is 11.3. The summed E-state index contributed by atoms with van der Waals surface area (Å²) in [5, 5.41) is 3.74. The average Bonchev–Trinajstić information content (AvgIpc) is 3.73. The minimum absolute atomic E-state index is 0.0360. The van der Waals surface area contributed by atoms with E-state index in [9.17, 15) is 8.42 Å². The molecule has 0 bridgehead atoms. The van der Waals surface area contributed by atoms with Gasteiger partial charge in [-0.2, -0.15) is 9.97 Å². The molecule has 2 aliphatic rings. The maximum Gasteiger partial charge on any atom is 0.319 e. The SMILES string of the molecule is CN(CCS(=O)(=O)/C=C/CC1CC1)c1nc(OC[C@@H]2CCCN2C)nc2c(F)c(-c3cccc4cccc(Cl)c34)ncc12. The Bertz CT molecular complexity index is 1790. The zero-order valence-corrected chi connectivity index (χ0v) is 25.9. The van der Waals surface area contributed by atoms with E-state index >= 15 is 4.39 Å². The zero-order chi connectivity index (χ0) is 30.1. The van der Waals surface area contributed by atoms with Crippen LogP contribution in [0.2, 0.25) is 5.02 Å². The highest BCUT2D eigenvalue weighted by Gasteiger charge is 2.25. The summed E-state index contributed by atoms with van der Waals surface area (Å²) in [5.74, 6) is 0.231. The Morgan fingerprint density at radius 2 is 1.95 bits per heavy atom. The number of sulfone groups is 1. The lowest BCUT2D eigenvalue weighted by Gasteiger charge is -2.22. The molecule has 0 radical (unpaired) electrons. The molecule has 3 heterocycles. The lowest BCUT2D eigenvalue weighted by molar-refractivity contribution is 0.188. The molecule has 226 valence electrons. The molecule has 2 aromatic heterocycles. The minimum Gasteiger partial charge on any atom is -0.462 e. The van der Waals surface area contributed by atoms with E-state index in [-0.39, 0.29) is 35.6 Å². The maximum absolute atomic E-state index is 16.4. The van der Waals surface area contributed by atoms with Gasteiger partial charge in [-0.25, -0.2) is 12.8 Å². The Hall–Kier alpha value is -3.34. The van der Waals surface area contributed by atoms with Gasteiger partial charge in [0.2, 0.25) is 0 Å². The molecule has 4 aromatic rings. The van der Waals surface area contributed by atoms with Crippen molar-refractivity contribution in [3.05, 3.63) is 64.9 Å². The maximum atomic E-state index is 16.4. The predicted molar refractivity (Wildman–Crippen MR) is 170 cm³/mol. The third kappa shape index (κ3) is 6.61. The fraction of sp³-hybridized carbons (Fsp3) is 0.406. The van der Waals surface area contributed by atoms with Gasteiger partial charge < -0.3 is 14.5 Å².